The van der Waals surface area contributed by atoms with Gasteiger partial charge in [-0.2, -0.15) is 0 Å². The lowest BCUT2D eigenvalue weighted by molar-refractivity contribution is -0.206. The van der Waals surface area contributed by atoms with Crippen molar-refractivity contribution in [1.29, 1.82) is 0 Å². The third-order valence-electron chi connectivity index (χ3n) is 22.2. The van der Waals surface area contributed by atoms with E-state index in [0.29, 0.717) is 87.3 Å². The van der Waals surface area contributed by atoms with Gasteiger partial charge in [-0.15, -0.1) is 0 Å². The Bertz CT molecular complexity index is 2330. The molecule has 9 N–H and O–H groups in total. The van der Waals surface area contributed by atoms with Crippen molar-refractivity contribution in [1.82, 2.24) is 5.32 Å². The second-order valence-electron chi connectivity index (χ2n) is 24.8. The number of ketones is 1. The third kappa shape index (κ3) is 6.44. The zero-order valence-electron chi connectivity index (χ0n) is 41.6. The van der Waals surface area contributed by atoms with Crippen molar-refractivity contribution in [3.05, 3.63) is 47.6 Å². The van der Waals surface area contributed by atoms with E-state index in [0.717, 1.165) is 12.0 Å². The Hall–Kier alpha value is -2.02. The van der Waals surface area contributed by atoms with Crippen LogP contribution in [0, 0.1) is 74.4 Å². The molecule has 70 heavy (non-hydrogen) atoms. The molecular weight excluding hydrogens is 929 g/mol. The van der Waals surface area contributed by atoms with Crippen LogP contribution in [-0.2, 0) is 20.7 Å². The SMILES string of the molecule is CNC[C@H]1CC[C@@]2(CN3C(=O)[C@@]24[C@H](CO)CCC[C@H]4CSS[C@@H](O)[C@@]24C[C@@H](O)[C@@H](O)C[C@]2(C)[C@H]2C[C@@H]5C=CC[C@](O)([C@@H]6O[C@H]6[C@H](C)C(C)C)[C@H]6CC[C@@](O)(C2=CC4=O)[C@@]65CCc2cc(O)cc3c2)[C@@H]1O. The highest BCUT2D eigenvalue weighted by molar-refractivity contribution is 8.76. The number of aliphatic hydroxyl groups excluding tert-OH is 5. The maximum absolute atomic E-state index is 16.0. The van der Waals surface area contributed by atoms with Crippen molar-refractivity contribution in [3.63, 3.8) is 0 Å². The molecule has 4 spiro atoms. The number of phenols is 1. The molecule has 0 radical (unpaired) electrons. The number of ether oxygens (including phenoxy) is 1. The summed E-state index contributed by atoms with van der Waals surface area (Å²) in [6.07, 6.45) is 7.27. The fraction of sp³-hybridized carbons (Fsp3) is 0.782. The molecular formula is C55H78N2O11S2. The van der Waals surface area contributed by atoms with Crippen LogP contribution < -0.4 is 10.2 Å². The number of aryl methyl sites for hydroxylation is 1. The van der Waals surface area contributed by atoms with Crippen molar-refractivity contribution in [2.45, 2.75) is 158 Å². The van der Waals surface area contributed by atoms with Gasteiger partial charge in [-0.1, -0.05) is 67.9 Å². The molecule has 15 heteroatoms. The second-order valence-corrected chi connectivity index (χ2v) is 27.3. The first-order chi connectivity index (χ1) is 33.2. The molecule has 5 heterocycles. The standard InChI is InChI=1S/C55H78N2O11S2/c1-29(2)30(3)44-46(68-44)53(66)14-7-10-33-20-38-39-22-43(62)52(24-41(61)40(60)23-49(38,52)4)48(65)70-69-27-35-9-6-8-34(26-58)55(35)47(64)57(28-50(55)15-12-32(25-56-5)45(50)63)36-18-31(19-37(59)21-36)11-16-51(33)42(53)13-17-54(39,51)67/h7,10,18-19,21-22,29-30,32-35,38,40-42,44-46,48,56,58-61,63,65-67H,6,8-9,11-17,20,23-28H2,1-5H3/t30-,32-,33+,34+,35+,38+,40+,41-,42+,44+,45-,46-,48-,49-,50-,51-,52+,53-,54-,55+/m1/s1. The molecule has 5 saturated carbocycles. The van der Waals surface area contributed by atoms with Gasteiger partial charge in [0.25, 0.3) is 0 Å². The van der Waals surface area contributed by atoms with Gasteiger partial charge in [-0.05, 0) is 160 Å². The summed E-state index contributed by atoms with van der Waals surface area (Å²) in [4.78, 5) is 33.4. The monoisotopic (exact) mass is 1010 g/mol. The molecule has 0 unspecified atom stereocenters. The zero-order valence-corrected chi connectivity index (χ0v) is 43.3. The van der Waals surface area contributed by atoms with Gasteiger partial charge in [-0.25, -0.2) is 0 Å². The molecule has 20 atom stereocenters. The number of allylic oxidation sites excluding steroid dienone is 2. The fourth-order valence-corrected chi connectivity index (χ4v) is 21.6. The molecule has 5 aliphatic heterocycles. The number of nitrogens with one attached hydrogen (secondary N) is 1. The van der Waals surface area contributed by atoms with Crippen LogP contribution in [0.2, 0.25) is 0 Å². The van der Waals surface area contributed by atoms with Crippen molar-refractivity contribution >= 4 is 39.0 Å². The average Bonchev–Trinajstić information content (AvgIpc) is 3.94. The van der Waals surface area contributed by atoms with E-state index >= 15 is 9.59 Å². The predicted molar refractivity (Wildman–Crippen MR) is 268 cm³/mol. The van der Waals surface area contributed by atoms with Crippen LogP contribution in [0.15, 0.2) is 42.0 Å². The van der Waals surface area contributed by atoms with Crippen molar-refractivity contribution in [2.75, 3.05) is 37.4 Å². The number of carbonyl (C=O) groups is 2. The van der Waals surface area contributed by atoms with Gasteiger partial charge in [0.05, 0.1) is 40.8 Å². The number of fused-ring (bicyclic) bond motifs is 1. The molecule has 8 bridgehead atoms. The lowest BCUT2D eigenvalue weighted by Gasteiger charge is -2.66. The lowest BCUT2D eigenvalue weighted by Crippen LogP contribution is -2.70. The Labute approximate surface area is 421 Å². The van der Waals surface area contributed by atoms with Crippen LogP contribution in [0.25, 0.3) is 0 Å². The van der Waals surface area contributed by atoms with Crippen LogP contribution in [0.3, 0.4) is 0 Å². The summed E-state index contributed by atoms with van der Waals surface area (Å²) < 4.78 is 6.51. The number of hydrogen-bond acceptors (Lipinski definition) is 14. The Morgan fingerprint density at radius 3 is 2.49 bits per heavy atom. The maximum atomic E-state index is 16.0. The number of rotatable bonds is 6. The summed E-state index contributed by atoms with van der Waals surface area (Å²) in [5.41, 5.74) is -8.29. The summed E-state index contributed by atoms with van der Waals surface area (Å²) in [5.74, 6) is -1.88. The van der Waals surface area contributed by atoms with Crippen LogP contribution >= 0.6 is 21.6 Å². The minimum atomic E-state index is -1.61. The molecule has 2 saturated heterocycles. The Kier molecular flexibility index (Phi) is 12.4. The van der Waals surface area contributed by atoms with E-state index in [4.69, 9.17) is 4.74 Å². The normalized spacial score (nSPS) is 50.0. The van der Waals surface area contributed by atoms with E-state index < -0.39 is 85.9 Å². The molecule has 1 aromatic carbocycles. The van der Waals surface area contributed by atoms with E-state index in [2.05, 4.69) is 38.2 Å². The fourth-order valence-electron chi connectivity index (χ4n) is 18.6. The quantitative estimate of drug-likeness (QED) is 0.101. The molecule has 13 rings (SSSR count). The van der Waals surface area contributed by atoms with Gasteiger partial charge in [0.1, 0.15) is 22.9 Å². The van der Waals surface area contributed by atoms with E-state index in [9.17, 15) is 40.9 Å². The van der Waals surface area contributed by atoms with E-state index in [1.165, 1.54) is 21.6 Å². The highest BCUT2D eigenvalue weighted by Gasteiger charge is 2.79. The average molecular weight is 1010 g/mol. The van der Waals surface area contributed by atoms with Crippen molar-refractivity contribution in [2.24, 2.45) is 74.4 Å². The maximum Gasteiger partial charge on any atom is 0.234 e. The summed E-state index contributed by atoms with van der Waals surface area (Å²) in [6, 6.07) is 5.32. The molecule has 0 aromatic heterocycles. The van der Waals surface area contributed by atoms with Gasteiger partial charge in [-0.3, -0.25) is 9.59 Å². The number of hydrogen-bond donors (Lipinski definition) is 9. The Balaban J connectivity index is 1.11. The highest BCUT2D eigenvalue weighted by atomic mass is 33.1. The van der Waals surface area contributed by atoms with Gasteiger partial charge in [0, 0.05) is 54.0 Å². The van der Waals surface area contributed by atoms with Crippen LogP contribution in [0.1, 0.15) is 110 Å². The van der Waals surface area contributed by atoms with Crippen LogP contribution in [0.4, 0.5) is 5.69 Å². The van der Waals surface area contributed by atoms with Crippen molar-refractivity contribution in [3.8, 4) is 5.75 Å². The molecule has 1 amide bonds. The second kappa shape index (κ2) is 17.3. The van der Waals surface area contributed by atoms with Crippen molar-refractivity contribution < 1.29 is 55.2 Å². The minimum Gasteiger partial charge on any atom is -0.508 e. The molecule has 13 nitrogen and oxygen atoms in total. The van der Waals surface area contributed by atoms with Crippen LogP contribution in [-0.4, -0.2) is 132 Å². The molecule has 7 fully saturated rings. The van der Waals surface area contributed by atoms with Gasteiger partial charge < -0.3 is 55.8 Å². The summed E-state index contributed by atoms with van der Waals surface area (Å²) in [5, 5.41) is 103. The number of aromatic hydroxyl groups is 1. The number of amides is 1. The van der Waals surface area contributed by atoms with E-state index in [1.54, 1.807) is 23.1 Å². The smallest absolute Gasteiger partial charge is 0.234 e. The number of phenolic OH excluding ortho intramolecular Hbond substituents is 1. The molecule has 386 valence electrons. The van der Waals surface area contributed by atoms with Gasteiger partial charge in [0.2, 0.25) is 5.91 Å². The number of carbonyl (C=O) groups excluding carboxylic acids is 2. The number of benzene rings is 1. The Morgan fingerprint density at radius 1 is 0.971 bits per heavy atom. The largest absolute Gasteiger partial charge is 0.508 e. The third-order valence-corrected chi connectivity index (χ3v) is 24.8. The summed E-state index contributed by atoms with van der Waals surface area (Å²) in [7, 11) is 4.43. The topological polar surface area (TPSA) is 224 Å². The minimum absolute atomic E-state index is 0.0161. The van der Waals surface area contributed by atoms with E-state index in [1.807, 2.05) is 20.0 Å². The summed E-state index contributed by atoms with van der Waals surface area (Å²) >= 11 is 0. The highest BCUT2D eigenvalue weighted by Crippen LogP contribution is 2.76. The predicted octanol–water partition coefficient (Wildman–Crippen LogP) is 5.29. The molecule has 12 aliphatic rings. The first kappa shape index (κ1) is 50.2. The summed E-state index contributed by atoms with van der Waals surface area (Å²) in [6.45, 7) is 8.98. The number of nitrogens with zero attached hydrogens (tertiary/aromatic N) is 1. The number of anilines is 1. The first-order valence-corrected chi connectivity index (χ1v) is 29.1. The van der Waals surface area contributed by atoms with Gasteiger partial charge in [0.15, 0.2) is 5.78 Å². The number of epoxide rings is 1. The van der Waals surface area contributed by atoms with Crippen LogP contribution in [0.5, 0.6) is 5.75 Å². The van der Waals surface area contributed by atoms with Gasteiger partial charge >= 0.3 is 0 Å². The lowest BCUT2D eigenvalue weighted by atomic mass is 9.39. The zero-order chi connectivity index (χ0) is 49.7. The molecule has 7 aliphatic carbocycles. The molecule has 1 aromatic rings. The Morgan fingerprint density at radius 2 is 1.74 bits per heavy atom. The number of aliphatic hydroxyl groups is 7. The van der Waals surface area contributed by atoms with E-state index in [-0.39, 0.29) is 79.6 Å². The first-order valence-electron chi connectivity index (χ1n) is 26.7.